The molecule has 0 spiro atoms. The van der Waals surface area contributed by atoms with Crippen LogP contribution in [0.4, 0.5) is 10.2 Å². The van der Waals surface area contributed by atoms with Crippen LogP contribution < -0.4 is 5.73 Å². The van der Waals surface area contributed by atoms with Crippen LogP contribution in [-0.2, 0) is 0 Å². The largest absolute Gasteiger partial charge is 0.380 e. The normalized spacial score (nSPS) is 10.7. The summed E-state index contributed by atoms with van der Waals surface area (Å²) in [5.41, 5.74) is 9.03. The first-order chi connectivity index (χ1) is 9.65. The van der Waals surface area contributed by atoms with Crippen LogP contribution in [0.25, 0.3) is 22.5 Å². The molecule has 0 saturated carbocycles. The van der Waals surface area contributed by atoms with Gasteiger partial charge in [0.05, 0.1) is 11.8 Å². The third-order valence-corrected chi connectivity index (χ3v) is 3.03. The van der Waals surface area contributed by atoms with Crippen LogP contribution in [-0.4, -0.2) is 10.1 Å². The van der Waals surface area contributed by atoms with E-state index in [1.54, 1.807) is 0 Å². The van der Waals surface area contributed by atoms with Gasteiger partial charge in [-0.2, -0.15) is 0 Å². The molecule has 2 heterocycles. The van der Waals surface area contributed by atoms with E-state index in [0.29, 0.717) is 16.9 Å². The first-order valence-electron chi connectivity index (χ1n) is 6.08. The fourth-order valence-electron chi connectivity index (χ4n) is 2.03. The average Bonchev–Trinajstić information content (AvgIpc) is 2.82. The van der Waals surface area contributed by atoms with Gasteiger partial charge in [-0.3, -0.25) is 4.98 Å². The number of nitrogens with two attached hydrogens (primary N) is 1. The highest BCUT2D eigenvalue weighted by Crippen LogP contribution is 2.36. The van der Waals surface area contributed by atoms with Crippen molar-refractivity contribution in [1.82, 2.24) is 10.1 Å². The predicted molar refractivity (Wildman–Crippen MR) is 74.3 cm³/mol. The Balaban J connectivity index is 2.17. The zero-order valence-electron chi connectivity index (χ0n) is 10.8. The standard InChI is InChI=1S/C15H12FN3O/c1-9-2-4-10(5-3-9)13-14(20-19-15(13)17)11-6-12(16)8-18-7-11/h2-8H,1H3,(H2,17,19). The molecule has 0 unspecified atom stereocenters. The highest BCUT2D eigenvalue weighted by Gasteiger charge is 2.18. The molecular formula is C15H12FN3O. The molecule has 0 fully saturated rings. The smallest absolute Gasteiger partial charge is 0.178 e. The van der Waals surface area contributed by atoms with Gasteiger partial charge < -0.3 is 10.3 Å². The van der Waals surface area contributed by atoms with E-state index in [1.807, 2.05) is 31.2 Å². The summed E-state index contributed by atoms with van der Waals surface area (Å²) >= 11 is 0. The maximum absolute atomic E-state index is 13.3. The molecule has 0 bridgehead atoms. The molecule has 2 aromatic heterocycles. The second kappa shape index (κ2) is 4.77. The van der Waals surface area contributed by atoms with Crippen molar-refractivity contribution in [3.8, 4) is 22.5 Å². The van der Waals surface area contributed by atoms with E-state index in [2.05, 4.69) is 10.1 Å². The van der Waals surface area contributed by atoms with Gasteiger partial charge in [-0.1, -0.05) is 35.0 Å². The Morgan fingerprint density at radius 1 is 1.10 bits per heavy atom. The number of nitrogen functional groups attached to an aromatic ring is 1. The number of aryl methyl sites for hydroxylation is 1. The number of halogens is 1. The van der Waals surface area contributed by atoms with E-state index in [1.165, 1.54) is 12.3 Å². The molecule has 100 valence electrons. The van der Waals surface area contributed by atoms with E-state index < -0.39 is 5.82 Å². The van der Waals surface area contributed by atoms with Gasteiger partial charge in [-0.15, -0.1) is 0 Å². The summed E-state index contributed by atoms with van der Waals surface area (Å²) in [6.07, 6.45) is 2.65. The predicted octanol–water partition coefficient (Wildman–Crippen LogP) is 3.43. The van der Waals surface area contributed by atoms with E-state index >= 15 is 0 Å². The molecular weight excluding hydrogens is 257 g/mol. The molecule has 4 nitrogen and oxygen atoms in total. The fraction of sp³-hybridized carbons (Fsp3) is 0.0667. The van der Waals surface area contributed by atoms with Crippen LogP contribution in [0, 0.1) is 12.7 Å². The highest BCUT2D eigenvalue weighted by molar-refractivity contribution is 5.86. The Morgan fingerprint density at radius 2 is 1.85 bits per heavy atom. The molecule has 0 aliphatic heterocycles. The Hall–Kier alpha value is -2.69. The maximum Gasteiger partial charge on any atom is 0.178 e. The summed E-state index contributed by atoms with van der Waals surface area (Å²) < 4.78 is 18.5. The van der Waals surface area contributed by atoms with Crippen molar-refractivity contribution in [2.24, 2.45) is 0 Å². The van der Waals surface area contributed by atoms with Gasteiger partial charge in [0, 0.05) is 11.8 Å². The van der Waals surface area contributed by atoms with Gasteiger partial charge in [0.1, 0.15) is 5.82 Å². The molecule has 3 rings (SSSR count). The lowest BCUT2D eigenvalue weighted by Crippen LogP contribution is -1.89. The van der Waals surface area contributed by atoms with Crippen molar-refractivity contribution in [2.75, 3.05) is 5.73 Å². The molecule has 0 saturated heterocycles. The molecule has 5 heteroatoms. The highest BCUT2D eigenvalue weighted by atomic mass is 19.1. The van der Waals surface area contributed by atoms with Crippen molar-refractivity contribution in [2.45, 2.75) is 6.92 Å². The fourth-order valence-corrected chi connectivity index (χ4v) is 2.03. The minimum absolute atomic E-state index is 0.271. The van der Waals surface area contributed by atoms with Crippen LogP contribution >= 0.6 is 0 Å². The third-order valence-electron chi connectivity index (χ3n) is 3.03. The molecule has 0 atom stereocenters. The Labute approximate surface area is 115 Å². The molecule has 2 N–H and O–H groups in total. The van der Waals surface area contributed by atoms with Crippen LogP contribution in [0.1, 0.15) is 5.56 Å². The van der Waals surface area contributed by atoms with Crippen molar-refractivity contribution in [3.05, 3.63) is 54.1 Å². The zero-order valence-corrected chi connectivity index (χ0v) is 10.8. The number of aromatic nitrogens is 2. The summed E-state index contributed by atoms with van der Waals surface area (Å²) in [6.45, 7) is 2.00. The first-order valence-corrected chi connectivity index (χ1v) is 6.08. The molecule has 0 aliphatic rings. The summed E-state index contributed by atoms with van der Waals surface area (Å²) in [5.74, 6) is 0.249. The van der Waals surface area contributed by atoms with E-state index in [0.717, 1.165) is 17.3 Å². The minimum atomic E-state index is -0.438. The van der Waals surface area contributed by atoms with Gasteiger partial charge in [0.15, 0.2) is 11.6 Å². The number of hydrogen-bond acceptors (Lipinski definition) is 4. The van der Waals surface area contributed by atoms with E-state index in [9.17, 15) is 4.39 Å². The number of anilines is 1. The molecule has 1 aromatic carbocycles. The van der Waals surface area contributed by atoms with Gasteiger partial charge in [0.25, 0.3) is 0 Å². The van der Waals surface area contributed by atoms with Crippen LogP contribution in [0.2, 0.25) is 0 Å². The van der Waals surface area contributed by atoms with Gasteiger partial charge in [-0.25, -0.2) is 4.39 Å². The first kappa shape index (κ1) is 12.3. The average molecular weight is 269 g/mol. The SMILES string of the molecule is Cc1ccc(-c2c(N)noc2-c2cncc(F)c2)cc1. The van der Waals surface area contributed by atoms with Gasteiger partial charge in [0.2, 0.25) is 0 Å². The molecule has 0 aliphatic carbocycles. The number of rotatable bonds is 2. The van der Waals surface area contributed by atoms with Gasteiger partial charge >= 0.3 is 0 Å². The van der Waals surface area contributed by atoms with Crippen LogP contribution in [0.3, 0.4) is 0 Å². The quantitative estimate of drug-likeness (QED) is 0.774. The molecule has 0 radical (unpaired) electrons. The summed E-state index contributed by atoms with van der Waals surface area (Å²) in [6, 6.07) is 9.12. The lowest BCUT2D eigenvalue weighted by atomic mass is 10.0. The van der Waals surface area contributed by atoms with Crippen molar-refractivity contribution in [1.29, 1.82) is 0 Å². The minimum Gasteiger partial charge on any atom is -0.380 e. The number of pyridine rings is 1. The molecule has 20 heavy (non-hydrogen) atoms. The summed E-state index contributed by atoms with van der Waals surface area (Å²) in [7, 11) is 0. The topological polar surface area (TPSA) is 64.9 Å². The zero-order chi connectivity index (χ0) is 14.1. The number of hydrogen-bond donors (Lipinski definition) is 1. The number of nitrogens with zero attached hydrogens (tertiary/aromatic N) is 2. The molecule has 0 amide bonds. The second-order valence-electron chi connectivity index (χ2n) is 4.53. The Kier molecular flexibility index (Phi) is 2.95. The third kappa shape index (κ3) is 2.14. The monoisotopic (exact) mass is 269 g/mol. The van der Waals surface area contributed by atoms with E-state index in [-0.39, 0.29) is 5.82 Å². The summed E-state index contributed by atoms with van der Waals surface area (Å²) in [4.78, 5) is 3.82. The van der Waals surface area contributed by atoms with E-state index in [4.69, 9.17) is 10.3 Å². The van der Waals surface area contributed by atoms with Crippen molar-refractivity contribution >= 4 is 5.82 Å². The maximum atomic E-state index is 13.3. The summed E-state index contributed by atoms with van der Waals surface area (Å²) in [5, 5.41) is 3.77. The lowest BCUT2D eigenvalue weighted by molar-refractivity contribution is 0.435. The van der Waals surface area contributed by atoms with Crippen LogP contribution in [0.15, 0.2) is 47.2 Å². The molecule has 3 aromatic rings. The van der Waals surface area contributed by atoms with Crippen molar-refractivity contribution in [3.63, 3.8) is 0 Å². The number of benzene rings is 1. The van der Waals surface area contributed by atoms with Crippen molar-refractivity contribution < 1.29 is 8.91 Å². The Bertz CT molecular complexity index is 750. The lowest BCUT2D eigenvalue weighted by Gasteiger charge is -2.03. The Morgan fingerprint density at radius 3 is 2.55 bits per heavy atom. The second-order valence-corrected chi connectivity index (χ2v) is 4.53. The van der Waals surface area contributed by atoms with Crippen LogP contribution in [0.5, 0.6) is 0 Å². The van der Waals surface area contributed by atoms with Gasteiger partial charge in [-0.05, 0) is 18.6 Å².